The average Bonchev–Trinajstić information content (AvgIpc) is 2.91. The fourth-order valence-corrected chi connectivity index (χ4v) is 5.35. The van der Waals surface area contributed by atoms with E-state index in [2.05, 4.69) is 22.1 Å². The number of rotatable bonds is 7. The summed E-state index contributed by atoms with van der Waals surface area (Å²) in [7, 11) is 0. The van der Waals surface area contributed by atoms with Crippen LogP contribution < -0.4 is 10.6 Å². The van der Waals surface area contributed by atoms with E-state index >= 15 is 0 Å². The van der Waals surface area contributed by atoms with Gasteiger partial charge in [-0.25, -0.2) is 13.2 Å². The molecule has 2 aliphatic rings. The van der Waals surface area contributed by atoms with Crippen LogP contribution in [0.25, 0.3) is 0 Å². The Labute approximate surface area is 220 Å². The minimum Gasteiger partial charge on any atom is -0.468 e. The van der Waals surface area contributed by atoms with Crippen molar-refractivity contribution < 1.29 is 22.7 Å². The summed E-state index contributed by atoms with van der Waals surface area (Å²) in [5.41, 5.74) is 2.50. The number of carbonyl (C=O) groups excluding carboxylic acids is 1. The molecule has 1 saturated heterocycles. The van der Waals surface area contributed by atoms with Gasteiger partial charge < -0.3 is 20.3 Å². The molecule has 1 amide bonds. The van der Waals surface area contributed by atoms with E-state index in [1.807, 2.05) is 0 Å². The van der Waals surface area contributed by atoms with Crippen LogP contribution in [0.3, 0.4) is 0 Å². The second kappa shape index (κ2) is 10.9. The summed E-state index contributed by atoms with van der Waals surface area (Å²) in [4.78, 5) is 15.5. The second-order valence-electron chi connectivity index (χ2n) is 9.91. The van der Waals surface area contributed by atoms with Crippen LogP contribution in [0.5, 0.6) is 0 Å². The van der Waals surface area contributed by atoms with Gasteiger partial charge in [0.2, 0.25) is 5.91 Å². The van der Waals surface area contributed by atoms with Gasteiger partial charge in [-0.3, -0.25) is 4.79 Å². The van der Waals surface area contributed by atoms with Gasteiger partial charge in [0, 0.05) is 43.7 Å². The summed E-state index contributed by atoms with van der Waals surface area (Å²) in [6.07, 6.45) is 1.85. The molecule has 38 heavy (non-hydrogen) atoms. The smallest absolute Gasteiger partial charge is 0.227 e. The highest BCUT2D eigenvalue weighted by molar-refractivity contribution is 5.83. The molecule has 1 unspecified atom stereocenters. The molecular formula is C30H30F3N3O2. The van der Waals surface area contributed by atoms with E-state index in [9.17, 15) is 18.0 Å². The highest BCUT2D eigenvalue weighted by Crippen LogP contribution is 2.45. The van der Waals surface area contributed by atoms with Crippen LogP contribution in [-0.4, -0.2) is 30.4 Å². The molecule has 0 saturated carbocycles. The lowest BCUT2D eigenvalue weighted by atomic mass is 9.82. The van der Waals surface area contributed by atoms with E-state index < -0.39 is 11.5 Å². The summed E-state index contributed by atoms with van der Waals surface area (Å²) in [5, 5.41) is 6.03. The third-order valence-electron chi connectivity index (χ3n) is 7.43. The first-order chi connectivity index (χ1) is 18.3. The number of likely N-dealkylation sites (tertiary alicyclic amines) is 1. The fraction of sp³-hybridized carbons (Fsp3) is 0.300. The number of amides is 1. The molecule has 5 nitrogen and oxygen atoms in total. The summed E-state index contributed by atoms with van der Waals surface area (Å²) < 4.78 is 47.0. The molecule has 5 rings (SSSR count). The number of piperidine rings is 1. The topological polar surface area (TPSA) is 53.6 Å². The third kappa shape index (κ3) is 5.70. The predicted octanol–water partition coefficient (Wildman–Crippen LogP) is 5.80. The number of hydrogen-bond donors (Lipinski definition) is 2. The first kappa shape index (κ1) is 25.9. The molecule has 2 aliphatic heterocycles. The highest BCUT2D eigenvalue weighted by Gasteiger charge is 2.43. The summed E-state index contributed by atoms with van der Waals surface area (Å²) in [6.45, 7) is 6.27. The fourth-order valence-electron chi connectivity index (χ4n) is 5.35. The first-order valence-electron chi connectivity index (χ1n) is 12.8. The van der Waals surface area contributed by atoms with E-state index in [4.69, 9.17) is 4.74 Å². The molecule has 0 aliphatic carbocycles. The number of benzene rings is 3. The maximum absolute atomic E-state index is 14.1. The predicted molar refractivity (Wildman–Crippen MR) is 140 cm³/mol. The number of halogens is 3. The zero-order valence-electron chi connectivity index (χ0n) is 21.0. The number of fused-ring (bicyclic) bond motifs is 2. The Hall–Kier alpha value is -3.78. The van der Waals surface area contributed by atoms with Crippen LogP contribution in [0.2, 0.25) is 0 Å². The molecule has 3 aromatic rings. The van der Waals surface area contributed by atoms with Gasteiger partial charge in [-0.05, 0) is 73.1 Å². The molecule has 1 spiro atoms. The van der Waals surface area contributed by atoms with Crippen molar-refractivity contribution in [2.24, 2.45) is 0 Å². The number of ether oxygens (including phenoxy) is 1. The molecule has 2 N–H and O–H groups in total. The zero-order chi connectivity index (χ0) is 26.7. The van der Waals surface area contributed by atoms with Crippen LogP contribution in [0, 0.1) is 17.5 Å². The SMILES string of the molecule is C=C1Nc2ccc(F)cc2C2(CCN(CCC(C(=O)NCc3ccc(F)cc3)c3ccc(F)cc3)CC2)O1. The molecule has 3 aromatic carbocycles. The Morgan fingerprint density at radius 2 is 1.61 bits per heavy atom. The van der Waals surface area contributed by atoms with E-state index in [0.717, 1.165) is 22.4 Å². The lowest BCUT2D eigenvalue weighted by Gasteiger charge is -2.46. The average molecular weight is 522 g/mol. The quantitative estimate of drug-likeness (QED) is 0.413. The van der Waals surface area contributed by atoms with E-state index in [-0.39, 0.29) is 29.9 Å². The van der Waals surface area contributed by atoms with Crippen molar-refractivity contribution in [2.45, 2.75) is 37.3 Å². The largest absolute Gasteiger partial charge is 0.468 e. The minimum atomic E-state index is -0.640. The lowest BCUT2D eigenvalue weighted by molar-refractivity contribution is -0.123. The number of nitrogens with one attached hydrogen (secondary N) is 2. The Balaban J connectivity index is 1.24. The van der Waals surface area contributed by atoms with Crippen molar-refractivity contribution in [2.75, 3.05) is 25.0 Å². The van der Waals surface area contributed by atoms with Gasteiger partial charge in [0.1, 0.15) is 23.1 Å². The maximum Gasteiger partial charge on any atom is 0.227 e. The Morgan fingerprint density at radius 1 is 0.974 bits per heavy atom. The molecule has 8 heteroatoms. The van der Waals surface area contributed by atoms with Gasteiger partial charge >= 0.3 is 0 Å². The van der Waals surface area contributed by atoms with Gasteiger partial charge in [0.05, 0.1) is 5.92 Å². The zero-order valence-corrected chi connectivity index (χ0v) is 21.0. The minimum absolute atomic E-state index is 0.170. The van der Waals surface area contributed by atoms with E-state index in [1.165, 1.54) is 36.4 Å². The number of anilines is 1. The van der Waals surface area contributed by atoms with Crippen LogP contribution >= 0.6 is 0 Å². The van der Waals surface area contributed by atoms with E-state index in [0.29, 0.717) is 44.8 Å². The number of hydrogen-bond acceptors (Lipinski definition) is 4. The molecule has 0 radical (unpaired) electrons. The normalized spacial score (nSPS) is 17.3. The first-order valence-corrected chi connectivity index (χ1v) is 12.8. The van der Waals surface area contributed by atoms with Crippen LogP contribution in [0.15, 0.2) is 79.2 Å². The molecule has 1 fully saturated rings. The van der Waals surface area contributed by atoms with Gasteiger partial charge in [-0.2, -0.15) is 0 Å². The van der Waals surface area contributed by atoms with Crippen molar-refractivity contribution in [1.29, 1.82) is 0 Å². The Kier molecular flexibility index (Phi) is 7.42. The van der Waals surface area contributed by atoms with Gasteiger partial charge in [-0.15, -0.1) is 0 Å². The maximum atomic E-state index is 14.1. The van der Waals surface area contributed by atoms with Crippen LogP contribution in [0.1, 0.15) is 41.9 Å². The van der Waals surface area contributed by atoms with Crippen LogP contribution in [0.4, 0.5) is 18.9 Å². The number of carbonyl (C=O) groups is 1. The van der Waals surface area contributed by atoms with Crippen molar-refractivity contribution in [1.82, 2.24) is 10.2 Å². The van der Waals surface area contributed by atoms with Crippen molar-refractivity contribution in [3.05, 3.63) is 113 Å². The summed E-state index contributed by atoms with van der Waals surface area (Å²) in [5.74, 6) is -1.20. The number of nitrogens with zero attached hydrogens (tertiary/aromatic N) is 1. The van der Waals surface area contributed by atoms with Gasteiger partial charge in [0.25, 0.3) is 0 Å². The van der Waals surface area contributed by atoms with Crippen molar-refractivity contribution in [3.63, 3.8) is 0 Å². The second-order valence-corrected chi connectivity index (χ2v) is 9.91. The Morgan fingerprint density at radius 3 is 2.29 bits per heavy atom. The summed E-state index contributed by atoms with van der Waals surface area (Å²) >= 11 is 0. The van der Waals surface area contributed by atoms with Crippen LogP contribution in [-0.2, 0) is 21.7 Å². The standard InChI is InChI=1S/C30H30F3N3O2/c1-20-35-28-11-10-25(33)18-27(28)30(38-20)13-16-36(17-14-30)15-12-26(22-4-8-24(32)9-5-22)29(37)34-19-21-2-6-23(31)7-3-21/h2-11,18,26,35H,1,12-17,19H2,(H,34,37). The van der Waals surface area contributed by atoms with Crippen molar-refractivity contribution >= 4 is 11.6 Å². The van der Waals surface area contributed by atoms with Crippen molar-refractivity contribution in [3.8, 4) is 0 Å². The lowest BCUT2D eigenvalue weighted by Crippen LogP contribution is -2.47. The third-order valence-corrected chi connectivity index (χ3v) is 7.43. The molecule has 198 valence electrons. The monoisotopic (exact) mass is 521 g/mol. The molecule has 0 bridgehead atoms. The molecule has 2 heterocycles. The highest BCUT2D eigenvalue weighted by atomic mass is 19.1. The summed E-state index contributed by atoms with van der Waals surface area (Å²) in [6, 6.07) is 16.6. The van der Waals surface area contributed by atoms with Gasteiger partial charge in [0.15, 0.2) is 5.88 Å². The van der Waals surface area contributed by atoms with Gasteiger partial charge in [-0.1, -0.05) is 24.3 Å². The Bertz CT molecular complexity index is 1300. The molecule has 1 atom stereocenters. The molecular weight excluding hydrogens is 491 g/mol. The molecule has 0 aromatic heterocycles. The van der Waals surface area contributed by atoms with E-state index in [1.54, 1.807) is 30.3 Å².